The van der Waals surface area contributed by atoms with E-state index in [2.05, 4.69) is 11.8 Å². The lowest BCUT2D eigenvalue weighted by atomic mass is 10.0. The molecule has 0 saturated carbocycles. The van der Waals surface area contributed by atoms with Gasteiger partial charge in [0.1, 0.15) is 17.3 Å². The summed E-state index contributed by atoms with van der Waals surface area (Å²) >= 11 is 0. The minimum Gasteiger partial charge on any atom is -0.494 e. The fraction of sp³-hybridized carbons (Fsp3) is 0.385. The lowest BCUT2D eigenvalue weighted by Gasteiger charge is -2.29. The molecule has 0 aliphatic carbocycles. The van der Waals surface area contributed by atoms with Crippen LogP contribution in [0.15, 0.2) is 48.5 Å². The number of hydrogen-bond donors (Lipinski definition) is 0. The molecule has 4 rings (SSSR count). The quantitative estimate of drug-likeness (QED) is 0.534. The van der Waals surface area contributed by atoms with E-state index >= 15 is 0 Å². The molecule has 0 atom stereocenters. The van der Waals surface area contributed by atoms with Crippen LogP contribution < -0.4 is 4.74 Å². The maximum atomic E-state index is 14.4. The molecule has 33 heavy (non-hydrogen) atoms. The van der Waals surface area contributed by atoms with Crippen molar-refractivity contribution in [1.29, 1.82) is 0 Å². The highest BCUT2D eigenvalue weighted by molar-refractivity contribution is 5.94. The molecule has 1 aromatic heterocycles. The van der Waals surface area contributed by atoms with Crippen molar-refractivity contribution in [2.75, 3.05) is 20.2 Å². The number of likely N-dealkylation sites (N-methyl/N-ethyl adjacent to an activating group) is 1. The predicted octanol–water partition coefficient (Wildman–Crippen LogP) is 4.45. The smallest absolute Gasteiger partial charge is 0.257 e. The van der Waals surface area contributed by atoms with Crippen molar-refractivity contribution in [1.82, 2.24) is 19.6 Å². The molecule has 0 unspecified atom stereocenters. The van der Waals surface area contributed by atoms with E-state index in [1.54, 1.807) is 24.1 Å². The first-order chi connectivity index (χ1) is 15.9. The Bertz CT molecular complexity index is 1140. The Morgan fingerprint density at radius 3 is 2.61 bits per heavy atom. The van der Waals surface area contributed by atoms with Gasteiger partial charge in [0, 0.05) is 31.1 Å². The number of halogens is 1. The van der Waals surface area contributed by atoms with Crippen LogP contribution in [0.1, 0.15) is 48.1 Å². The first kappa shape index (κ1) is 23.0. The van der Waals surface area contributed by atoms with Crippen LogP contribution in [-0.4, -0.2) is 51.7 Å². The number of fused-ring (bicyclic) bond motifs is 1. The zero-order valence-corrected chi connectivity index (χ0v) is 19.7. The molecule has 1 aliphatic heterocycles. The Balaban J connectivity index is 1.77. The fourth-order valence-electron chi connectivity index (χ4n) is 4.38. The average molecular weight is 451 g/mol. The van der Waals surface area contributed by atoms with Gasteiger partial charge >= 0.3 is 0 Å². The molecule has 1 amide bonds. The molecule has 0 N–H and O–H groups in total. The van der Waals surface area contributed by atoms with Crippen LogP contribution in [0, 0.1) is 5.82 Å². The second kappa shape index (κ2) is 9.75. The van der Waals surface area contributed by atoms with Gasteiger partial charge < -0.3 is 9.64 Å². The lowest BCUT2D eigenvalue weighted by molar-refractivity contribution is 0.0681. The lowest BCUT2D eigenvalue weighted by Crippen LogP contribution is -2.37. The molecule has 2 aromatic carbocycles. The van der Waals surface area contributed by atoms with Gasteiger partial charge in [-0.05, 0) is 44.7 Å². The molecule has 2 heterocycles. The van der Waals surface area contributed by atoms with Crippen molar-refractivity contribution >= 4 is 5.91 Å². The third-order valence-corrected chi connectivity index (χ3v) is 6.29. The second-order valence-electron chi connectivity index (χ2n) is 8.58. The number of methoxy groups -OCH3 is 1. The first-order valence-corrected chi connectivity index (χ1v) is 11.5. The molecular weight excluding hydrogens is 419 g/mol. The summed E-state index contributed by atoms with van der Waals surface area (Å²) < 4.78 is 21.9. The molecule has 0 saturated heterocycles. The SMILES string of the molecule is CCN1CCc2c(c(CN(C(=O)c3ccccc3F)C(C)C)nn2-c2ccccc2OC)C1. The summed E-state index contributed by atoms with van der Waals surface area (Å²) in [5, 5.41) is 4.98. The van der Waals surface area contributed by atoms with Gasteiger partial charge in [-0.1, -0.05) is 31.2 Å². The van der Waals surface area contributed by atoms with E-state index < -0.39 is 5.82 Å². The molecule has 0 bridgehead atoms. The van der Waals surface area contributed by atoms with Crippen LogP contribution in [0.2, 0.25) is 0 Å². The zero-order valence-electron chi connectivity index (χ0n) is 19.7. The largest absolute Gasteiger partial charge is 0.494 e. The molecule has 174 valence electrons. The maximum Gasteiger partial charge on any atom is 0.257 e. The maximum absolute atomic E-state index is 14.4. The van der Waals surface area contributed by atoms with Crippen molar-refractivity contribution in [2.45, 2.75) is 46.3 Å². The number of ether oxygens (including phenoxy) is 1. The van der Waals surface area contributed by atoms with Crippen LogP contribution >= 0.6 is 0 Å². The van der Waals surface area contributed by atoms with Crippen molar-refractivity contribution in [2.24, 2.45) is 0 Å². The van der Waals surface area contributed by atoms with E-state index in [1.165, 1.54) is 12.1 Å². The Kier molecular flexibility index (Phi) is 6.79. The summed E-state index contributed by atoms with van der Waals surface area (Å²) in [5.74, 6) is -0.0887. The van der Waals surface area contributed by atoms with E-state index in [-0.39, 0.29) is 17.5 Å². The standard InChI is InChI=1S/C26H31FN4O2/c1-5-29-15-14-23-20(16-29)22(28-31(23)24-12-8-9-13-25(24)33-4)17-30(18(2)3)26(32)19-10-6-7-11-21(19)27/h6-13,18H,5,14-17H2,1-4H3. The summed E-state index contributed by atoms with van der Waals surface area (Å²) in [6.45, 7) is 9.02. The van der Waals surface area contributed by atoms with Gasteiger partial charge in [0.2, 0.25) is 0 Å². The third kappa shape index (κ3) is 4.50. The molecule has 0 radical (unpaired) electrons. The van der Waals surface area contributed by atoms with Gasteiger partial charge in [0.25, 0.3) is 5.91 Å². The molecule has 6 nitrogen and oxygen atoms in total. The fourth-order valence-corrected chi connectivity index (χ4v) is 4.38. The monoisotopic (exact) mass is 450 g/mol. The normalized spacial score (nSPS) is 13.8. The number of carbonyl (C=O) groups excluding carboxylic acids is 1. The highest BCUT2D eigenvalue weighted by atomic mass is 19.1. The van der Waals surface area contributed by atoms with Crippen molar-refractivity contribution in [3.8, 4) is 11.4 Å². The molecule has 0 fully saturated rings. The Hall–Kier alpha value is -3.19. The van der Waals surface area contributed by atoms with Crippen LogP contribution in [0.4, 0.5) is 4.39 Å². The number of nitrogens with zero attached hydrogens (tertiary/aromatic N) is 4. The van der Waals surface area contributed by atoms with Gasteiger partial charge in [0.15, 0.2) is 0 Å². The number of para-hydroxylation sites is 2. The topological polar surface area (TPSA) is 50.6 Å². The van der Waals surface area contributed by atoms with Gasteiger partial charge in [-0.15, -0.1) is 0 Å². The predicted molar refractivity (Wildman–Crippen MR) is 126 cm³/mol. The minimum atomic E-state index is -0.508. The van der Waals surface area contributed by atoms with Crippen LogP contribution in [0.3, 0.4) is 0 Å². The van der Waals surface area contributed by atoms with E-state index in [0.29, 0.717) is 6.54 Å². The Morgan fingerprint density at radius 1 is 1.18 bits per heavy atom. The number of benzene rings is 2. The summed E-state index contributed by atoms with van der Waals surface area (Å²) in [7, 11) is 1.65. The van der Waals surface area contributed by atoms with Gasteiger partial charge in [-0.3, -0.25) is 9.69 Å². The Labute approximate surface area is 194 Å². The number of amides is 1. The molecule has 3 aromatic rings. The van der Waals surface area contributed by atoms with Crippen LogP contribution in [0.25, 0.3) is 5.69 Å². The summed E-state index contributed by atoms with van der Waals surface area (Å²) in [4.78, 5) is 17.4. The van der Waals surface area contributed by atoms with Crippen molar-refractivity contribution in [3.05, 3.63) is 76.9 Å². The van der Waals surface area contributed by atoms with E-state index in [0.717, 1.165) is 54.4 Å². The minimum absolute atomic E-state index is 0.0828. The summed E-state index contributed by atoms with van der Waals surface area (Å²) in [6, 6.07) is 13.8. The first-order valence-electron chi connectivity index (χ1n) is 11.5. The summed E-state index contributed by atoms with van der Waals surface area (Å²) in [6.07, 6.45) is 0.858. The molecule has 0 spiro atoms. The third-order valence-electron chi connectivity index (χ3n) is 6.29. The molecule has 7 heteroatoms. The van der Waals surface area contributed by atoms with Gasteiger partial charge in [-0.2, -0.15) is 5.10 Å². The van der Waals surface area contributed by atoms with Gasteiger partial charge in [0.05, 0.1) is 30.6 Å². The molecular formula is C26H31FN4O2. The van der Waals surface area contributed by atoms with Gasteiger partial charge in [-0.25, -0.2) is 9.07 Å². The Morgan fingerprint density at radius 2 is 1.91 bits per heavy atom. The molecule has 1 aliphatic rings. The van der Waals surface area contributed by atoms with E-state index in [9.17, 15) is 9.18 Å². The van der Waals surface area contributed by atoms with Crippen LogP contribution in [-0.2, 0) is 19.5 Å². The van der Waals surface area contributed by atoms with Crippen molar-refractivity contribution in [3.63, 3.8) is 0 Å². The van der Waals surface area contributed by atoms with Crippen LogP contribution in [0.5, 0.6) is 5.75 Å². The highest BCUT2D eigenvalue weighted by Gasteiger charge is 2.29. The summed E-state index contributed by atoms with van der Waals surface area (Å²) in [5.41, 5.74) is 4.08. The van der Waals surface area contributed by atoms with E-state index in [4.69, 9.17) is 9.84 Å². The number of rotatable bonds is 7. The highest BCUT2D eigenvalue weighted by Crippen LogP contribution is 2.30. The average Bonchev–Trinajstić information content (AvgIpc) is 3.19. The number of hydrogen-bond acceptors (Lipinski definition) is 4. The number of aromatic nitrogens is 2. The van der Waals surface area contributed by atoms with E-state index in [1.807, 2.05) is 42.8 Å². The zero-order chi connectivity index (χ0) is 23.5. The second-order valence-corrected chi connectivity index (χ2v) is 8.58. The number of carbonyl (C=O) groups is 1. The van der Waals surface area contributed by atoms with Crippen molar-refractivity contribution < 1.29 is 13.9 Å².